The highest BCUT2D eigenvalue weighted by atomic mass is 16.4. The minimum Gasteiger partial charge on any atom is -0.481 e. The molecule has 0 aromatic heterocycles. The molecule has 4 aliphatic rings. The van der Waals surface area contributed by atoms with E-state index in [1.165, 1.54) is 0 Å². The highest BCUT2D eigenvalue weighted by molar-refractivity contribution is 5.78. The fraction of sp³-hybridized carbons (Fsp3) is 0.923. The maximum absolute atomic E-state index is 11.8. The molecule has 0 bridgehead atoms. The quantitative estimate of drug-likeness (QED) is 0.410. The lowest BCUT2D eigenvalue weighted by Gasteiger charge is -2.63. The molecule has 4 aliphatic carbocycles. The lowest BCUT2D eigenvalue weighted by atomic mass is 9.43. The van der Waals surface area contributed by atoms with Crippen molar-refractivity contribution in [3.05, 3.63) is 0 Å². The maximum Gasteiger partial charge on any atom is 0.303 e. The van der Waals surface area contributed by atoms with E-state index >= 15 is 0 Å². The Bertz CT molecular complexity index is 761. The van der Waals surface area contributed by atoms with Gasteiger partial charge in [-0.2, -0.15) is 0 Å². The van der Waals surface area contributed by atoms with Crippen molar-refractivity contribution >= 4 is 11.9 Å². The molecular weight excluding hydrogens is 420 g/mol. The van der Waals surface area contributed by atoms with E-state index < -0.39 is 12.1 Å². The Morgan fingerprint density at radius 2 is 1.82 bits per heavy atom. The van der Waals surface area contributed by atoms with Gasteiger partial charge in [-0.25, -0.2) is 0 Å². The summed E-state index contributed by atoms with van der Waals surface area (Å²) in [7, 11) is 0. The van der Waals surface area contributed by atoms with Crippen molar-refractivity contribution in [3.63, 3.8) is 0 Å². The van der Waals surface area contributed by atoms with Crippen LogP contribution < -0.4 is 11.1 Å². The van der Waals surface area contributed by atoms with Crippen LogP contribution in [0.25, 0.3) is 0 Å². The van der Waals surface area contributed by atoms with E-state index in [2.05, 4.69) is 26.1 Å². The van der Waals surface area contributed by atoms with Gasteiger partial charge < -0.3 is 26.4 Å². The van der Waals surface area contributed by atoms with Crippen LogP contribution in [0.2, 0.25) is 0 Å². The summed E-state index contributed by atoms with van der Waals surface area (Å²) < 4.78 is 0. The van der Waals surface area contributed by atoms with Crippen LogP contribution in [-0.2, 0) is 9.59 Å². The van der Waals surface area contributed by atoms with Crippen molar-refractivity contribution in [3.8, 4) is 0 Å². The van der Waals surface area contributed by atoms with E-state index in [1.54, 1.807) is 0 Å². The molecule has 0 aromatic carbocycles. The number of carboxylic acid groups (broad SMARTS) is 1. The molecule has 7 heteroatoms. The Balaban J connectivity index is 1.54. The van der Waals surface area contributed by atoms with Gasteiger partial charge in [0.15, 0.2) is 0 Å². The molecule has 0 aliphatic heterocycles. The number of rotatable bonds is 6. The lowest BCUT2D eigenvalue weighted by Crippen LogP contribution is -2.63. The minimum absolute atomic E-state index is 0.00423. The first-order chi connectivity index (χ1) is 15.5. The normalized spacial score (nSPS) is 47.7. The first-order valence-corrected chi connectivity index (χ1v) is 13.1. The number of aliphatic hydroxyl groups is 2. The standard InChI is InChI=1S/C26H44N2O5/c1-14(4-7-23(32)33)17-5-6-18-24-19(12-21(30)26(17,18)3)25(2)9-8-16(28-22(31)13-27)10-15(25)11-20(24)29/h14-21,24,29-30H,4-13,27H2,1-3H3,(H,28,31)(H,32,33)/t14?,15?,16?,17?,18?,19?,20-,21?,24?,25-,26?/m0/s1. The number of fused-ring (bicyclic) bond motifs is 5. The summed E-state index contributed by atoms with van der Waals surface area (Å²) in [6.45, 7) is 6.73. The second-order valence-electron chi connectivity index (χ2n) is 12.3. The number of nitrogens with two attached hydrogens (primary N) is 1. The van der Waals surface area contributed by atoms with Gasteiger partial charge in [-0.3, -0.25) is 9.59 Å². The van der Waals surface area contributed by atoms with Crippen molar-refractivity contribution in [2.45, 2.75) is 96.8 Å². The number of carboxylic acids is 1. The van der Waals surface area contributed by atoms with Gasteiger partial charge in [-0.15, -0.1) is 0 Å². The summed E-state index contributed by atoms with van der Waals surface area (Å²) in [6.07, 6.45) is 6.26. The summed E-state index contributed by atoms with van der Waals surface area (Å²) >= 11 is 0. The number of hydrogen-bond donors (Lipinski definition) is 5. The molecule has 0 aromatic rings. The number of amides is 1. The number of aliphatic carboxylic acids is 1. The van der Waals surface area contributed by atoms with Gasteiger partial charge in [-0.1, -0.05) is 20.8 Å². The number of hydrogen-bond acceptors (Lipinski definition) is 5. The SMILES string of the molecule is CC(CCC(=O)O)C1CCC2C3C(CC(O)C12C)[C@@]1(C)CCC(NC(=O)CN)CC1C[C@@H]3O. The van der Waals surface area contributed by atoms with Gasteiger partial charge in [0.25, 0.3) is 0 Å². The molecule has 6 N–H and O–H groups in total. The van der Waals surface area contributed by atoms with Crippen molar-refractivity contribution < 1.29 is 24.9 Å². The number of nitrogens with one attached hydrogen (secondary N) is 1. The van der Waals surface area contributed by atoms with E-state index in [9.17, 15) is 19.8 Å². The molecule has 4 rings (SSSR count). The molecule has 33 heavy (non-hydrogen) atoms. The Hall–Kier alpha value is -1.18. The number of carbonyl (C=O) groups excluding carboxylic acids is 1. The molecular formula is C26H44N2O5. The third-order valence-corrected chi connectivity index (χ3v) is 10.9. The van der Waals surface area contributed by atoms with Crippen molar-refractivity contribution in [1.29, 1.82) is 0 Å². The van der Waals surface area contributed by atoms with Crippen LogP contribution in [0, 0.1) is 46.3 Å². The third kappa shape index (κ3) is 4.12. The second kappa shape index (κ2) is 9.12. The van der Waals surface area contributed by atoms with Crippen molar-refractivity contribution in [1.82, 2.24) is 5.32 Å². The van der Waals surface area contributed by atoms with Crippen molar-refractivity contribution in [2.24, 2.45) is 52.1 Å². The molecule has 0 radical (unpaired) electrons. The monoisotopic (exact) mass is 464 g/mol. The predicted octanol–water partition coefficient (Wildman–Crippen LogP) is 2.53. The minimum atomic E-state index is -0.759. The fourth-order valence-corrected chi connectivity index (χ4v) is 9.12. The Labute approximate surface area is 197 Å². The van der Waals surface area contributed by atoms with Gasteiger partial charge in [0.1, 0.15) is 0 Å². The largest absolute Gasteiger partial charge is 0.481 e. The van der Waals surface area contributed by atoms with Crippen LogP contribution in [-0.4, -0.2) is 52.0 Å². The molecule has 0 spiro atoms. The van der Waals surface area contributed by atoms with Crippen LogP contribution in [0.4, 0.5) is 0 Å². The molecule has 9 unspecified atom stereocenters. The van der Waals surface area contributed by atoms with E-state index in [0.717, 1.165) is 38.5 Å². The summed E-state index contributed by atoms with van der Waals surface area (Å²) in [5.74, 6) is 0.719. The van der Waals surface area contributed by atoms with Crippen LogP contribution in [0.15, 0.2) is 0 Å². The summed E-state index contributed by atoms with van der Waals surface area (Å²) in [5, 5.41) is 35.3. The molecule has 0 saturated heterocycles. The molecule has 0 heterocycles. The van der Waals surface area contributed by atoms with Gasteiger partial charge in [-0.05, 0) is 97.7 Å². The highest BCUT2D eigenvalue weighted by Crippen LogP contribution is 2.68. The fourth-order valence-electron chi connectivity index (χ4n) is 9.12. The van der Waals surface area contributed by atoms with Crippen LogP contribution >= 0.6 is 0 Å². The molecule has 4 saturated carbocycles. The smallest absolute Gasteiger partial charge is 0.303 e. The lowest BCUT2D eigenvalue weighted by molar-refractivity contribution is -0.202. The zero-order valence-electron chi connectivity index (χ0n) is 20.5. The van der Waals surface area contributed by atoms with Crippen molar-refractivity contribution in [2.75, 3.05) is 6.54 Å². The molecule has 188 valence electrons. The van der Waals surface area contributed by atoms with E-state index in [4.69, 9.17) is 10.8 Å². The first-order valence-electron chi connectivity index (χ1n) is 13.1. The van der Waals surface area contributed by atoms with Gasteiger partial charge in [0.2, 0.25) is 5.91 Å². The van der Waals surface area contributed by atoms with Crippen LogP contribution in [0.5, 0.6) is 0 Å². The first kappa shape index (κ1) is 24.9. The Morgan fingerprint density at radius 3 is 2.48 bits per heavy atom. The average Bonchev–Trinajstić information content (AvgIpc) is 3.12. The predicted molar refractivity (Wildman–Crippen MR) is 125 cm³/mol. The third-order valence-electron chi connectivity index (χ3n) is 10.9. The second-order valence-corrected chi connectivity index (χ2v) is 12.3. The van der Waals surface area contributed by atoms with Gasteiger partial charge in [0, 0.05) is 12.5 Å². The number of carbonyl (C=O) groups is 2. The summed E-state index contributed by atoms with van der Waals surface area (Å²) in [6, 6.07) is 0.118. The molecule has 7 nitrogen and oxygen atoms in total. The Morgan fingerprint density at radius 1 is 1.09 bits per heavy atom. The average molecular weight is 465 g/mol. The zero-order chi connectivity index (χ0) is 24.1. The van der Waals surface area contributed by atoms with E-state index in [1.807, 2.05) is 0 Å². The molecule has 11 atom stereocenters. The maximum atomic E-state index is 11.8. The van der Waals surface area contributed by atoms with E-state index in [0.29, 0.717) is 18.8 Å². The van der Waals surface area contributed by atoms with Gasteiger partial charge in [0.05, 0.1) is 18.8 Å². The highest BCUT2D eigenvalue weighted by Gasteiger charge is 2.65. The number of aliphatic hydroxyl groups excluding tert-OH is 2. The molecule has 1 amide bonds. The van der Waals surface area contributed by atoms with Gasteiger partial charge >= 0.3 is 5.97 Å². The van der Waals surface area contributed by atoms with Crippen LogP contribution in [0.1, 0.15) is 78.6 Å². The topological polar surface area (TPSA) is 133 Å². The summed E-state index contributed by atoms with van der Waals surface area (Å²) in [5.41, 5.74) is 5.28. The molecule has 4 fully saturated rings. The zero-order valence-corrected chi connectivity index (χ0v) is 20.5. The van der Waals surface area contributed by atoms with Crippen LogP contribution in [0.3, 0.4) is 0 Å². The Kier molecular flexibility index (Phi) is 6.89. The van der Waals surface area contributed by atoms with E-state index in [-0.39, 0.29) is 71.4 Å². The summed E-state index contributed by atoms with van der Waals surface area (Å²) in [4.78, 5) is 23.0.